The fourth-order valence-corrected chi connectivity index (χ4v) is 1.53. The zero-order chi connectivity index (χ0) is 9.52. The number of ether oxygens (including phenoxy) is 1. The second-order valence-corrected chi connectivity index (χ2v) is 3.55. The van der Waals surface area contributed by atoms with Gasteiger partial charge in [-0.25, -0.2) is 9.78 Å². The maximum absolute atomic E-state index is 5.20. The molecule has 0 aromatic carbocycles. The lowest BCUT2D eigenvalue weighted by Crippen LogP contribution is -2.28. The van der Waals surface area contributed by atoms with Crippen LogP contribution in [0, 0.1) is 0 Å². The van der Waals surface area contributed by atoms with Crippen LogP contribution in [0.3, 0.4) is 0 Å². The van der Waals surface area contributed by atoms with Crippen molar-refractivity contribution in [3.8, 4) is 0 Å². The molecule has 0 aromatic heterocycles. The summed E-state index contributed by atoms with van der Waals surface area (Å²) < 4.78 is 5.02. The Hall–Kier alpha value is -0.120. The Morgan fingerprint density at radius 3 is 2.62 bits per heavy atom. The van der Waals surface area contributed by atoms with Gasteiger partial charge in [0.25, 0.3) is 0 Å². The molecule has 1 rings (SSSR count). The summed E-state index contributed by atoms with van der Waals surface area (Å²) in [4.78, 5) is 10.3. The van der Waals surface area contributed by atoms with Crippen molar-refractivity contribution in [2.24, 2.45) is 0 Å². The molecule has 1 heterocycles. The third-order valence-corrected chi connectivity index (χ3v) is 2.42. The SMILES string of the molecule is CCCCC[C@H]1CC[C@@H](OC)OO1. The fraction of sp³-hybridized carbons (Fsp3) is 1.00. The van der Waals surface area contributed by atoms with Gasteiger partial charge in [-0.05, 0) is 12.8 Å². The summed E-state index contributed by atoms with van der Waals surface area (Å²) in [6.07, 6.45) is 7.05. The monoisotopic (exact) mass is 188 g/mol. The fourth-order valence-electron chi connectivity index (χ4n) is 1.53. The second kappa shape index (κ2) is 6.35. The Morgan fingerprint density at radius 2 is 2.08 bits per heavy atom. The van der Waals surface area contributed by atoms with Crippen LogP contribution < -0.4 is 0 Å². The van der Waals surface area contributed by atoms with E-state index in [0.29, 0.717) is 0 Å². The summed E-state index contributed by atoms with van der Waals surface area (Å²) in [5.41, 5.74) is 0. The van der Waals surface area contributed by atoms with Crippen molar-refractivity contribution in [3.05, 3.63) is 0 Å². The molecular formula is C10H20O3. The Morgan fingerprint density at radius 1 is 1.23 bits per heavy atom. The van der Waals surface area contributed by atoms with E-state index in [1.165, 1.54) is 19.3 Å². The van der Waals surface area contributed by atoms with E-state index in [1.807, 2.05) is 0 Å². The third-order valence-electron chi connectivity index (χ3n) is 2.42. The van der Waals surface area contributed by atoms with Crippen molar-refractivity contribution in [3.63, 3.8) is 0 Å². The van der Waals surface area contributed by atoms with Crippen molar-refractivity contribution in [2.75, 3.05) is 7.11 Å². The van der Waals surface area contributed by atoms with Crippen LogP contribution in [0.1, 0.15) is 45.4 Å². The van der Waals surface area contributed by atoms with Crippen LogP contribution in [0.25, 0.3) is 0 Å². The molecular weight excluding hydrogens is 168 g/mol. The third kappa shape index (κ3) is 4.07. The van der Waals surface area contributed by atoms with Crippen LogP contribution in [0.4, 0.5) is 0 Å². The lowest BCUT2D eigenvalue weighted by atomic mass is 10.1. The Bertz CT molecular complexity index is 117. The van der Waals surface area contributed by atoms with Crippen molar-refractivity contribution >= 4 is 0 Å². The van der Waals surface area contributed by atoms with Gasteiger partial charge in [0.1, 0.15) is 0 Å². The quantitative estimate of drug-likeness (QED) is 0.490. The van der Waals surface area contributed by atoms with Gasteiger partial charge in [0.2, 0.25) is 0 Å². The highest BCUT2D eigenvalue weighted by Crippen LogP contribution is 2.20. The molecule has 78 valence electrons. The molecule has 13 heavy (non-hydrogen) atoms. The summed E-state index contributed by atoms with van der Waals surface area (Å²) in [5, 5.41) is 0. The van der Waals surface area contributed by atoms with Crippen molar-refractivity contribution in [1.82, 2.24) is 0 Å². The van der Waals surface area contributed by atoms with E-state index in [1.54, 1.807) is 7.11 Å². The van der Waals surface area contributed by atoms with Gasteiger partial charge in [-0.3, -0.25) is 0 Å². The van der Waals surface area contributed by atoms with E-state index in [0.717, 1.165) is 19.3 Å². The molecule has 1 fully saturated rings. The molecule has 3 heteroatoms. The van der Waals surface area contributed by atoms with Gasteiger partial charge in [0.05, 0.1) is 6.10 Å². The Kier molecular flexibility index (Phi) is 5.35. The molecule has 0 aromatic rings. The first-order valence-corrected chi connectivity index (χ1v) is 5.21. The van der Waals surface area contributed by atoms with Gasteiger partial charge in [-0.15, -0.1) is 0 Å². The van der Waals surface area contributed by atoms with Gasteiger partial charge in [-0.1, -0.05) is 26.2 Å². The molecule has 0 amide bonds. The van der Waals surface area contributed by atoms with Gasteiger partial charge < -0.3 is 4.74 Å². The standard InChI is InChI=1S/C10H20O3/c1-3-4-5-6-9-7-8-10(11-2)13-12-9/h9-10H,3-8H2,1-2H3/t9-,10-/m0/s1. The predicted octanol–water partition coefficient (Wildman–Crippen LogP) is 2.65. The molecule has 0 unspecified atom stereocenters. The average Bonchev–Trinajstić information content (AvgIpc) is 2.19. The van der Waals surface area contributed by atoms with Crippen molar-refractivity contribution < 1.29 is 14.5 Å². The van der Waals surface area contributed by atoms with E-state index < -0.39 is 0 Å². The molecule has 0 bridgehead atoms. The minimum Gasteiger partial charge on any atom is -0.353 e. The van der Waals surface area contributed by atoms with Crippen LogP contribution in [-0.4, -0.2) is 19.5 Å². The summed E-state index contributed by atoms with van der Waals surface area (Å²) >= 11 is 0. The van der Waals surface area contributed by atoms with Crippen LogP contribution in [0.15, 0.2) is 0 Å². The van der Waals surface area contributed by atoms with E-state index in [-0.39, 0.29) is 12.4 Å². The first-order chi connectivity index (χ1) is 6.36. The average molecular weight is 188 g/mol. The molecule has 1 aliphatic heterocycles. The first kappa shape index (κ1) is 11.0. The van der Waals surface area contributed by atoms with Crippen LogP contribution in [0.5, 0.6) is 0 Å². The van der Waals surface area contributed by atoms with Crippen molar-refractivity contribution in [1.29, 1.82) is 0 Å². The maximum atomic E-state index is 5.20. The molecule has 2 atom stereocenters. The summed E-state index contributed by atoms with van der Waals surface area (Å²) in [7, 11) is 1.64. The molecule has 3 nitrogen and oxygen atoms in total. The minimum absolute atomic E-state index is 0.151. The smallest absolute Gasteiger partial charge is 0.190 e. The minimum atomic E-state index is -0.151. The number of hydrogen-bond acceptors (Lipinski definition) is 3. The second-order valence-electron chi connectivity index (χ2n) is 3.55. The molecule has 0 saturated carbocycles. The molecule has 0 spiro atoms. The number of unbranched alkanes of at least 4 members (excludes halogenated alkanes) is 2. The number of rotatable bonds is 5. The highest BCUT2D eigenvalue weighted by molar-refractivity contribution is 4.61. The van der Waals surface area contributed by atoms with E-state index in [2.05, 4.69) is 6.92 Å². The first-order valence-electron chi connectivity index (χ1n) is 5.21. The van der Waals surface area contributed by atoms with Gasteiger partial charge in [0.15, 0.2) is 6.29 Å². The number of methoxy groups -OCH3 is 1. The highest BCUT2D eigenvalue weighted by atomic mass is 17.2. The van der Waals surface area contributed by atoms with Crippen LogP contribution in [-0.2, 0) is 14.5 Å². The van der Waals surface area contributed by atoms with Crippen LogP contribution >= 0.6 is 0 Å². The highest BCUT2D eigenvalue weighted by Gasteiger charge is 2.22. The number of hydrogen-bond donors (Lipinski definition) is 0. The Balaban J connectivity index is 2.03. The van der Waals surface area contributed by atoms with E-state index in [9.17, 15) is 0 Å². The van der Waals surface area contributed by atoms with E-state index in [4.69, 9.17) is 14.5 Å². The summed E-state index contributed by atoms with van der Waals surface area (Å²) in [6, 6.07) is 0. The zero-order valence-electron chi connectivity index (χ0n) is 8.62. The largest absolute Gasteiger partial charge is 0.353 e. The topological polar surface area (TPSA) is 27.7 Å². The molecule has 1 saturated heterocycles. The lowest BCUT2D eigenvalue weighted by molar-refractivity contribution is -0.418. The molecule has 0 radical (unpaired) electrons. The predicted molar refractivity (Wildman–Crippen MR) is 50.1 cm³/mol. The van der Waals surface area contributed by atoms with Crippen LogP contribution in [0.2, 0.25) is 0 Å². The zero-order valence-corrected chi connectivity index (χ0v) is 8.62. The van der Waals surface area contributed by atoms with Gasteiger partial charge in [0, 0.05) is 13.5 Å². The normalized spacial score (nSPS) is 29.1. The molecule has 0 N–H and O–H groups in total. The maximum Gasteiger partial charge on any atom is 0.190 e. The summed E-state index contributed by atoms with van der Waals surface area (Å²) in [5.74, 6) is 0. The molecule has 0 aliphatic carbocycles. The van der Waals surface area contributed by atoms with Gasteiger partial charge >= 0.3 is 0 Å². The Labute approximate surface area is 80.3 Å². The molecule has 1 aliphatic rings. The van der Waals surface area contributed by atoms with Gasteiger partial charge in [-0.2, -0.15) is 0 Å². The van der Waals surface area contributed by atoms with Crippen molar-refractivity contribution in [2.45, 2.75) is 57.8 Å². The lowest BCUT2D eigenvalue weighted by Gasteiger charge is -2.26. The van der Waals surface area contributed by atoms with E-state index >= 15 is 0 Å². The summed E-state index contributed by atoms with van der Waals surface area (Å²) in [6.45, 7) is 2.21.